The van der Waals surface area contributed by atoms with E-state index in [1.807, 2.05) is 0 Å². The van der Waals surface area contributed by atoms with Gasteiger partial charge in [-0.15, -0.1) is 11.3 Å². The summed E-state index contributed by atoms with van der Waals surface area (Å²) in [5.41, 5.74) is 1.63. The lowest BCUT2D eigenvalue weighted by atomic mass is 9.88. The van der Waals surface area contributed by atoms with Crippen molar-refractivity contribution >= 4 is 32.1 Å². The van der Waals surface area contributed by atoms with Gasteiger partial charge in [-0.3, -0.25) is 4.79 Å². The third-order valence-corrected chi connectivity index (χ3v) is 6.71. The van der Waals surface area contributed by atoms with Crippen LogP contribution in [0.5, 0.6) is 0 Å². The number of rotatable bonds is 3. The number of benzene rings is 1. The average molecular weight is 374 g/mol. The highest BCUT2D eigenvalue weighted by molar-refractivity contribution is 7.90. The number of nitrogens with zero attached hydrogens (tertiary/aromatic N) is 1. The Hall–Kier alpha value is -2.17. The predicted molar refractivity (Wildman–Crippen MR) is 97.7 cm³/mol. The number of thiophene rings is 1. The SMILES string of the molecule is CC1CCc2c(sc(NC(=O)c3ccccc3S(C)(=O)=O)c2C#N)C1. The molecule has 2 aromatic rings. The Morgan fingerprint density at radius 2 is 2.08 bits per heavy atom. The largest absolute Gasteiger partial charge is 0.312 e. The second-order valence-electron chi connectivity index (χ2n) is 6.39. The van der Waals surface area contributed by atoms with Crippen molar-refractivity contribution in [2.75, 3.05) is 11.6 Å². The number of carbonyl (C=O) groups is 1. The van der Waals surface area contributed by atoms with Crippen LogP contribution >= 0.6 is 11.3 Å². The Balaban J connectivity index is 1.97. The zero-order valence-electron chi connectivity index (χ0n) is 14.0. The van der Waals surface area contributed by atoms with Gasteiger partial charge in [0.05, 0.1) is 16.0 Å². The fourth-order valence-corrected chi connectivity index (χ4v) is 5.35. The van der Waals surface area contributed by atoms with Crippen LogP contribution in [0.25, 0.3) is 0 Å². The van der Waals surface area contributed by atoms with Gasteiger partial charge in [-0.25, -0.2) is 8.42 Å². The van der Waals surface area contributed by atoms with Crippen LogP contribution in [0.4, 0.5) is 5.00 Å². The number of sulfone groups is 1. The molecule has 25 heavy (non-hydrogen) atoms. The van der Waals surface area contributed by atoms with Crippen LogP contribution in [0.1, 0.15) is 39.7 Å². The van der Waals surface area contributed by atoms with Crippen molar-refractivity contribution in [1.29, 1.82) is 5.26 Å². The minimum atomic E-state index is -3.52. The lowest BCUT2D eigenvalue weighted by Gasteiger charge is -2.17. The Labute approximate surface area is 151 Å². The molecular formula is C18H18N2O3S2. The number of hydrogen-bond donors (Lipinski definition) is 1. The summed E-state index contributed by atoms with van der Waals surface area (Å²) in [6.45, 7) is 2.18. The maximum atomic E-state index is 12.6. The van der Waals surface area contributed by atoms with Gasteiger partial charge < -0.3 is 5.32 Å². The van der Waals surface area contributed by atoms with Crippen LogP contribution in [0.15, 0.2) is 29.2 Å². The molecule has 5 nitrogen and oxygen atoms in total. The monoisotopic (exact) mass is 374 g/mol. The molecule has 1 amide bonds. The minimum Gasteiger partial charge on any atom is -0.312 e. The van der Waals surface area contributed by atoms with Crippen LogP contribution in [0, 0.1) is 17.2 Å². The summed E-state index contributed by atoms with van der Waals surface area (Å²) in [5.74, 6) is 0.0522. The summed E-state index contributed by atoms with van der Waals surface area (Å²) in [6, 6.07) is 8.29. The van der Waals surface area contributed by atoms with Crippen molar-refractivity contribution in [3.63, 3.8) is 0 Å². The van der Waals surface area contributed by atoms with Crippen LogP contribution in [0.3, 0.4) is 0 Å². The van der Waals surface area contributed by atoms with E-state index in [2.05, 4.69) is 18.3 Å². The van der Waals surface area contributed by atoms with Crippen LogP contribution in [-0.2, 0) is 22.7 Å². The van der Waals surface area contributed by atoms with Crippen molar-refractivity contribution in [3.05, 3.63) is 45.8 Å². The molecule has 0 aliphatic heterocycles. The number of anilines is 1. The molecule has 0 bridgehead atoms. The molecule has 1 N–H and O–H groups in total. The number of nitriles is 1. The second-order valence-corrected chi connectivity index (χ2v) is 9.48. The van der Waals surface area contributed by atoms with E-state index in [-0.39, 0.29) is 10.5 Å². The molecule has 0 radical (unpaired) electrons. The number of nitrogens with one attached hydrogen (secondary N) is 1. The Bertz CT molecular complexity index is 984. The van der Waals surface area contributed by atoms with Crippen molar-refractivity contribution in [2.45, 2.75) is 31.1 Å². The molecule has 1 aliphatic carbocycles. The summed E-state index contributed by atoms with van der Waals surface area (Å²) >= 11 is 1.42. The number of fused-ring (bicyclic) bond motifs is 1. The lowest BCUT2D eigenvalue weighted by molar-refractivity contribution is 0.102. The van der Waals surface area contributed by atoms with Gasteiger partial charge in [0.15, 0.2) is 9.84 Å². The van der Waals surface area contributed by atoms with E-state index >= 15 is 0 Å². The first kappa shape index (κ1) is 17.6. The topological polar surface area (TPSA) is 87.0 Å². The van der Waals surface area contributed by atoms with Gasteiger partial charge in [0.25, 0.3) is 5.91 Å². The molecule has 130 valence electrons. The minimum absolute atomic E-state index is 0.0130. The quantitative estimate of drug-likeness (QED) is 0.892. The van der Waals surface area contributed by atoms with Crippen molar-refractivity contribution in [3.8, 4) is 6.07 Å². The molecule has 1 unspecified atom stereocenters. The molecule has 1 aromatic carbocycles. The zero-order chi connectivity index (χ0) is 18.2. The summed E-state index contributed by atoms with van der Waals surface area (Å²) < 4.78 is 23.8. The van der Waals surface area contributed by atoms with Crippen LogP contribution < -0.4 is 5.32 Å². The highest BCUT2D eigenvalue weighted by atomic mass is 32.2. The predicted octanol–water partition coefficient (Wildman–Crippen LogP) is 3.40. The number of carbonyl (C=O) groups excluding carboxylic acids is 1. The summed E-state index contributed by atoms with van der Waals surface area (Å²) in [4.78, 5) is 13.8. The van der Waals surface area contributed by atoms with Crippen LogP contribution in [0.2, 0.25) is 0 Å². The third kappa shape index (κ3) is 3.46. The first-order chi connectivity index (χ1) is 11.8. The molecule has 0 saturated carbocycles. The van der Waals surface area contributed by atoms with E-state index in [4.69, 9.17) is 0 Å². The van der Waals surface area contributed by atoms with Crippen molar-refractivity contribution in [1.82, 2.24) is 0 Å². The smallest absolute Gasteiger partial charge is 0.257 e. The van der Waals surface area contributed by atoms with Gasteiger partial charge in [-0.2, -0.15) is 5.26 Å². The highest BCUT2D eigenvalue weighted by Crippen LogP contribution is 2.39. The van der Waals surface area contributed by atoms with Gasteiger partial charge in [0.2, 0.25) is 0 Å². The van der Waals surface area contributed by atoms with Gasteiger partial charge >= 0.3 is 0 Å². The second kappa shape index (κ2) is 6.62. The Morgan fingerprint density at radius 3 is 2.76 bits per heavy atom. The zero-order valence-corrected chi connectivity index (χ0v) is 15.6. The lowest BCUT2D eigenvalue weighted by Crippen LogP contribution is -2.16. The fraction of sp³-hybridized carbons (Fsp3) is 0.333. The molecule has 1 aliphatic rings. The fourth-order valence-electron chi connectivity index (χ4n) is 3.11. The molecular weight excluding hydrogens is 356 g/mol. The molecule has 0 spiro atoms. The normalized spacial score (nSPS) is 16.8. The van der Waals surface area contributed by atoms with Crippen molar-refractivity contribution in [2.24, 2.45) is 5.92 Å². The first-order valence-corrected chi connectivity index (χ1v) is 10.7. The van der Waals surface area contributed by atoms with E-state index in [1.165, 1.54) is 23.5 Å². The van der Waals surface area contributed by atoms with E-state index in [0.717, 1.165) is 36.0 Å². The summed E-state index contributed by atoms with van der Waals surface area (Å²) in [5, 5.41) is 12.8. The molecule has 3 rings (SSSR count). The Morgan fingerprint density at radius 1 is 1.36 bits per heavy atom. The summed E-state index contributed by atoms with van der Waals surface area (Å²) in [6.07, 6.45) is 3.85. The van der Waals surface area contributed by atoms with Gasteiger partial charge in [-0.1, -0.05) is 19.1 Å². The third-order valence-electron chi connectivity index (χ3n) is 4.38. The summed E-state index contributed by atoms with van der Waals surface area (Å²) in [7, 11) is -3.52. The van der Waals surface area contributed by atoms with E-state index in [1.54, 1.807) is 12.1 Å². The van der Waals surface area contributed by atoms with E-state index < -0.39 is 15.7 Å². The van der Waals surface area contributed by atoms with Gasteiger partial charge in [-0.05, 0) is 42.9 Å². The van der Waals surface area contributed by atoms with Crippen LogP contribution in [-0.4, -0.2) is 20.6 Å². The Kier molecular flexibility index (Phi) is 4.67. The molecule has 1 heterocycles. The van der Waals surface area contributed by atoms with E-state index in [0.29, 0.717) is 16.5 Å². The first-order valence-electron chi connectivity index (χ1n) is 7.96. The molecule has 1 aromatic heterocycles. The van der Waals surface area contributed by atoms with Crippen molar-refractivity contribution < 1.29 is 13.2 Å². The maximum absolute atomic E-state index is 12.6. The molecule has 1 atom stereocenters. The average Bonchev–Trinajstić information content (AvgIpc) is 2.89. The molecule has 0 fully saturated rings. The standard InChI is InChI=1S/C18H18N2O3S2/c1-11-7-8-12-14(10-19)18(24-15(12)9-11)20-17(21)13-5-3-4-6-16(13)25(2,22)23/h3-6,11H,7-9H2,1-2H3,(H,20,21). The maximum Gasteiger partial charge on any atom is 0.257 e. The number of hydrogen-bond acceptors (Lipinski definition) is 5. The number of amides is 1. The highest BCUT2D eigenvalue weighted by Gasteiger charge is 2.26. The van der Waals surface area contributed by atoms with Gasteiger partial charge in [0, 0.05) is 11.1 Å². The molecule has 0 saturated heterocycles. The molecule has 7 heteroatoms. The van der Waals surface area contributed by atoms with E-state index in [9.17, 15) is 18.5 Å². The van der Waals surface area contributed by atoms with Gasteiger partial charge in [0.1, 0.15) is 11.1 Å².